The maximum Gasteiger partial charge on any atom is 0.236 e. The molecule has 0 aliphatic rings. The Hall–Kier alpha value is -0.940. The van der Waals surface area contributed by atoms with E-state index in [0.29, 0.717) is 6.54 Å². The molecule has 1 aromatic heterocycles. The highest BCUT2D eigenvalue weighted by Gasteiger charge is 2.11. The molecule has 5 heteroatoms. The molecule has 1 rings (SSSR count). The van der Waals surface area contributed by atoms with Crippen molar-refractivity contribution in [1.82, 2.24) is 15.2 Å². The second kappa shape index (κ2) is 5.23. The minimum absolute atomic E-state index is 0.0788. The maximum absolute atomic E-state index is 11.3. The van der Waals surface area contributed by atoms with Gasteiger partial charge in [0.25, 0.3) is 0 Å². The van der Waals surface area contributed by atoms with Crippen LogP contribution >= 0.6 is 11.3 Å². The quantitative estimate of drug-likeness (QED) is 0.840. The largest absolute Gasteiger partial charge is 0.348 e. The summed E-state index contributed by atoms with van der Waals surface area (Å²) >= 11 is 1.62. The van der Waals surface area contributed by atoms with Gasteiger partial charge in [-0.15, -0.1) is 11.3 Å². The Labute approximate surface area is 94.3 Å². The predicted octanol–water partition coefficient (Wildman–Crippen LogP) is 1.19. The standard InChI is InChI=1S/C10H17N3OS/c1-7-6-15-10(12-7)8(2)11-5-9(14)13(3)4/h6,8,11H,5H2,1-4H3. The summed E-state index contributed by atoms with van der Waals surface area (Å²) < 4.78 is 0. The van der Waals surface area contributed by atoms with Gasteiger partial charge in [0.05, 0.1) is 12.6 Å². The fraction of sp³-hybridized carbons (Fsp3) is 0.600. The molecule has 1 heterocycles. The van der Waals surface area contributed by atoms with E-state index in [1.54, 1.807) is 30.3 Å². The van der Waals surface area contributed by atoms with E-state index >= 15 is 0 Å². The highest BCUT2D eigenvalue weighted by Crippen LogP contribution is 2.16. The van der Waals surface area contributed by atoms with Crippen LogP contribution in [0.1, 0.15) is 23.7 Å². The topological polar surface area (TPSA) is 45.2 Å². The Morgan fingerprint density at radius 2 is 2.33 bits per heavy atom. The number of rotatable bonds is 4. The molecule has 1 aromatic rings. The molecule has 0 aliphatic heterocycles. The van der Waals surface area contributed by atoms with E-state index in [9.17, 15) is 4.79 Å². The Morgan fingerprint density at radius 1 is 1.67 bits per heavy atom. The summed E-state index contributed by atoms with van der Waals surface area (Å²) in [7, 11) is 3.50. The Morgan fingerprint density at radius 3 is 2.80 bits per heavy atom. The summed E-state index contributed by atoms with van der Waals surface area (Å²) in [4.78, 5) is 17.3. The smallest absolute Gasteiger partial charge is 0.236 e. The van der Waals surface area contributed by atoms with Crippen molar-refractivity contribution in [3.05, 3.63) is 16.1 Å². The zero-order valence-corrected chi connectivity index (χ0v) is 10.4. The van der Waals surface area contributed by atoms with Crippen LogP contribution in [0.3, 0.4) is 0 Å². The van der Waals surface area contributed by atoms with E-state index in [1.165, 1.54) is 0 Å². The fourth-order valence-corrected chi connectivity index (χ4v) is 1.89. The van der Waals surface area contributed by atoms with Gasteiger partial charge in [-0.1, -0.05) is 0 Å². The third-order valence-electron chi connectivity index (χ3n) is 2.07. The second-order valence-corrected chi connectivity index (χ2v) is 4.61. The zero-order valence-electron chi connectivity index (χ0n) is 9.57. The molecule has 0 spiro atoms. The first-order valence-electron chi connectivity index (χ1n) is 4.86. The minimum atomic E-state index is 0.0788. The van der Waals surface area contributed by atoms with Crippen molar-refractivity contribution in [1.29, 1.82) is 0 Å². The molecule has 15 heavy (non-hydrogen) atoms. The van der Waals surface area contributed by atoms with Gasteiger partial charge in [-0.2, -0.15) is 0 Å². The van der Waals surface area contributed by atoms with Crippen molar-refractivity contribution in [3.63, 3.8) is 0 Å². The second-order valence-electron chi connectivity index (χ2n) is 3.72. The fourth-order valence-electron chi connectivity index (χ4n) is 1.06. The predicted molar refractivity (Wildman–Crippen MR) is 62.0 cm³/mol. The first-order valence-corrected chi connectivity index (χ1v) is 5.74. The van der Waals surface area contributed by atoms with Crippen LogP contribution in [0.5, 0.6) is 0 Å². The molecule has 1 N–H and O–H groups in total. The van der Waals surface area contributed by atoms with Gasteiger partial charge in [0, 0.05) is 25.2 Å². The molecule has 4 nitrogen and oxygen atoms in total. The van der Waals surface area contributed by atoms with Crippen LogP contribution in [0, 0.1) is 6.92 Å². The Bertz CT molecular complexity index is 335. The Balaban J connectivity index is 2.43. The number of nitrogens with zero attached hydrogens (tertiary/aromatic N) is 2. The van der Waals surface area contributed by atoms with E-state index in [4.69, 9.17) is 0 Å². The summed E-state index contributed by atoms with van der Waals surface area (Å²) in [5.41, 5.74) is 1.03. The first-order chi connectivity index (χ1) is 7.00. The van der Waals surface area contributed by atoms with Crippen molar-refractivity contribution < 1.29 is 4.79 Å². The van der Waals surface area contributed by atoms with Gasteiger partial charge in [0.2, 0.25) is 5.91 Å². The number of hydrogen-bond donors (Lipinski definition) is 1. The van der Waals surface area contributed by atoms with Gasteiger partial charge in [-0.05, 0) is 13.8 Å². The average Bonchev–Trinajstić information content (AvgIpc) is 2.60. The van der Waals surface area contributed by atoms with Gasteiger partial charge in [0.1, 0.15) is 5.01 Å². The number of aryl methyl sites for hydroxylation is 1. The monoisotopic (exact) mass is 227 g/mol. The lowest BCUT2D eigenvalue weighted by molar-refractivity contribution is -0.127. The van der Waals surface area contributed by atoms with Crippen LogP contribution in [0.2, 0.25) is 0 Å². The van der Waals surface area contributed by atoms with Crippen molar-refractivity contribution in [2.24, 2.45) is 0 Å². The highest BCUT2D eigenvalue weighted by atomic mass is 32.1. The molecule has 1 amide bonds. The first kappa shape index (κ1) is 12.1. The number of carbonyl (C=O) groups excluding carboxylic acids is 1. The molecule has 0 aliphatic carbocycles. The molecular formula is C10H17N3OS. The lowest BCUT2D eigenvalue weighted by Gasteiger charge is -2.14. The van der Waals surface area contributed by atoms with Crippen molar-refractivity contribution in [3.8, 4) is 0 Å². The van der Waals surface area contributed by atoms with Crippen molar-refractivity contribution >= 4 is 17.2 Å². The third kappa shape index (κ3) is 3.60. The van der Waals surface area contributed by atoms with Crippen LogP contribution in [-0.4, -0.2) is 36.4 Å². The van der Waals surface area contributed by atoms with Crippen LogP contribution in [-0.2, 0) is 4.79 Å². The number of carbonyl (C=O) groups is 1. The van der Waals surface area contributed by atoms with Crippen LogP contribution < -0.4 is 5.32 Å². The van der Waals surface area contributed by atoms with Crippen LogP contribution in [0.25, 0.3) is 0 Å². The number of amides is 1. The highest BCUT2D eigenvalue weighted by molar-refractivity contribution is 7.09. The summed E-state index contributed by atoms with van der Waals surface area (Å²) in [6, 6.07) is 0.132. The van der Waals surface area contributed by atoms with Gasteiger partial charge in [-0.3, -0.25) is 10.1 Å². The number of thiazole rings is 1. The SMILES string of the molecule is Cc1csc(C(C)NCC(=O)N(C)C)n1. The lowest BCUT2D eigenvalue weighted by atomic mass is 10.3. The average molecular weight is 227 g/mol. The van der Waals surface area contributed by atoms with E-state index in [1.807, 2.05) is 19.2 Å². The summed E-state index contributed by atoms with van der Waals surface area (Å²) in [6.45, 7) is 4.34. The van der Waals surface area contributed by atoms with Crippen LogP contribution in [0.15, 0.2) is 5.38 Å². The van der Waals surface area contributed by atoms with E-state index in [-0.39, 0.29) is 11.9 Å². The molecule has 1 unspecified atom stereocenters. The molecule has 0 fully saturated rings. The molecule has 1 atom stereocenters. The molecular weight excluding hydrogens is 210 g/mol. The number of likely N-dealkylation sites (N-methyl/N-ethyl adjacent to an activating group) is 1. The summed E-state index contributed by atoms with van der Waals surface area (Å²) in [5, 5.41) is 6.19. The van der Waals surface area contributed by atoms with Crippen molar-refractivity contribution in [2.75, 3.05) is 20.6 Å². The summed E-state index contributed by atoms with van der Waals surface area (Å²) in [6.07, 6.45) is 0. The zero-order chi connectivity index (χ0) is 11.4. The molecule has 84 valence electrons. The van der Waals surface area contributed by atoms with Gasteiger partial charge in [0.15, 0.2) is 0 Å². The maximum atomic E-state index is 11.3. The van der Waals surface area contributed by atoms with Gasteiger partial charge < -0.3 is 4.90 Å². The number of aromatic nitrogens is 1. The van der Waals surface area contributed by atoms with E-state index < -0.39 is 0 Å². The molecule has 0 aromatic carbocycles. The van der Waals surface area contributed by atoms with Crippen molar-refractivity contribution in [2.45, 2.75) is 19.9 Å². The summed E-state index contributed by atoms with van der Waals surface area (Å²) in [5.74, 6) is 0.0788. The van der Waals surface area contributed by atoms with Crippen LogP contribution in [0.4, 0.5) is 0 Å². The van der Waals surface area contributed by atoms with E-state index in [2.05, 4.69) is 10.3 Å². The van der Waals surface area contributed by atoms with Gasteiger partial charge in [-0.25, -0.2) is 4.98 Å². The third-order valence-corrected chi connectivity index (χ3v) is 3.21. The molecule has 0 saturated carbocycles. The molecule has 0 radical (unpaired) electrons. The van der Waals surface area contributed by atoms with E-state index in [0.717, 1.165) is 10.7 Å². The minimum Gasteiger partial charge on any atom is -0.348 e. The Kier molecular flexibility index (Phi) is 4.23. The lowest BCUT2D eigenvalue weighted by Crippen LogP contribution is -2.34. The number of hydrogen-bond acceptors (Lipinski definition) is 4. The molecule has 0 saturated heterocycles. The number of nitrogens with one attached hydrogen (secondary N) is 1. The molecule has 0 bridgehead atoms. The van der Waals surface area contributed by atoms with Gasteiger partial charge >= 0.3 is 0 Å². The normalized spacial score (nSPS) is 12.5.